The number of esters is 1. The van der Waals surface area contributed by atoms with Gasteiger partial charge in [0.05, 0.1) is 27.8 Å². The molecule has 0 aromatic heterocycles. The third kappa shape index (κ3) is 4.25. The van der Waals surface area contributed by atoms with Gasteiger partial charge in [0.25, 0.3) is 0 Å². The summed E-state index contributed by atoms with van der Waals surface area (Å²) in [6.07, 6.45) is 8.87. The van der Waals surface area contributed by atoms with Gasteiger partial charge in [0.2, 0.25) is 5.75 Å². The zero-order valence-electron chi connectivity index (χ0n) is 16.1. The van der Waals surface area contributed by atoms with Gasteiger partial charge >= 0.3 is 5.97 Å². The van der Waals surface area contributed by atoms with E-state index >= 15 is 0 Å². The average Bonchev–Trinajstić information content (AvgIpc) is 2.66. The smallest absolute Gasteiger partial charge is 0.310 e. The van der Waals surface area contributed by atoms with Crippen LogP contribution in [0.4, 0.5) is 0 Å². The fourth-order valence-corrected chi connectivity index (χ4v) is 4.57. The molecule has 0 unspecified atom stereocenters. The maximum atomic E-state index is 12.5. The SMILES string of the molecule is COc1cc(CC(=O)O[C@@H]2CC[C@@H]3CCCC[C@@H]3C2)cc(OC)c1OC. The first kappa shape index (κ1) is 18.9. The third-order valence-electron chi connectivity index (χ3n) is 5.86. The molecule has 2 saturated carbocycles. The zero-order valence-corrected chi connectivity index (χ0v) is 16.1. The highest BCUT2D eigenvalue weighted by atomic mass is 16.5. The van der Waals surface area contributed by atoms with E-state index in [2.05, 4.69) is 0 Å². The Morgan fingerprint density at radius 3 is 2.19 bits per heavy atom. The third-order valence-corrected chi connectivity index (χ3v) is 5.86. The van der Waals surface area contributed by atoms with Crippen LogP contribution in [0.5, 0.6) is 17.2 Å². The van der Waals surface area contributed by atoms with Crippen LogP contribution in [0.15, 0.2) is 12.1 Å². The summed E-state index contributed by atoms with van der Waals surface area (Å²) in [6.45, 7) is 0. The molecular weight excluding hydrogens is 332 g/mol. The van der Waals surface area contributed by atoms with Crippen molar-refractivity contribution in [3.8, 4) is 17.2 Å². The maximum Gasteiger partial charge on any atom is 0.310 e. The predicted molar refractivity (Wildman–Crippen MR) is 99.0 cm³/mol. The normalized spacial score (nSPS) is 25.1. The van der Waals surface area contributed by atoms with Crippen molar-refractivity contribution < 1.29 is 23.7 Å². The largest absolute Gasteiger partial charge is 0.493 e. The molecule has 0 heterocycles. The van der Waals surface area contributed by atoms with Crippen LogP contribution in [0.3, 0.4) is 0 Å². The van der Waals surface area contributed by atoms with Gasteiger partial charge in [-0.1, -0.05) is 25.7 Å². The van der Waals surface area contributed by atoms with Crippen LogP contribution < -0.4 is 14.2 Å². The van der Waals surface area contributed by atoms with E-state index < -0.39 is 0 Å². The summed E-state index contributed by atoms with van der Waals surface area (Å²) in [5.41, 5.74) is 0.802. The summed E-state index contributed by atoms with van der Waals surface area (Å²) in [5, 5.41) is 0. The second kappa shape index (κ2) is 8.65. The van der Waals surface area contributed by atoms with Crippen LogP contribution in [-0.4, -0.2) is 33.4 Å². The van der Waals surface area contributed by atoms with Crippen LogP contribution in [-0.2, 0) is 16.0 Å². The number of fused-ring (bicyclic) bond motifs is 1. The second-order valence-corrected chi connectivity index (χ2v) is 7.44. The molecule has 2 aliphatic carbocycles. The molecule has 3 rings (SSSR count). The molecule has 1 aromatic carbocycles. The highest BCUT2D eigenvalue weighted by molar-refractivity contribution is 5.73. The van der Waals surface area contributed by atoms with Gasteiger partial charge in [0.1, 0.15) is 6.10 Å². The molecule has 0 spiro atoms. The van der Waals surface area contributed by atoms with E-state index in [0.29, 0.717) is 17.2 Å². The summed E-state index contributed by atoms with van der Waals surface area (Å²) < 4.78 is 21.8. The van der Waals surface area contributed by atoms with Crippen LogP contribution in [0.1, 0.15) is 50.5 Å². The Hall–Kier alpha value is -1.91. The van der Waals surface area contributed by atoms with Gasteiger partial charge in [0, 0.05) is 0 Å². The first-order valence-corrected chi connectivity index (χ1v) is 9.63. The fraction of sp³-hybridized carbons (Fsp3) is 0.667. The summed E-state index contributed by atoms with van der Waals surface area (Å²) >= 11 is 0. The lowest BCUT2D eigenvalue weighted by atomic mass is 9.70. The van der Waals surface area contributed by atoms with E-state index in [-0.39, 0.29) is 18.5 Å². The van der Waals surface area contributed by atoms with Crippen LogP contribution in [0.25, 0.3) is 0 Å². The van der Waals surface area contributed by atoms with E-state index in [1.54, 1.807) is 33.5 Å². The topological polar surface area (TPSA) is 54.0 Å². The molecule has 0 bridgehead atoms. The van der Waals surface area contributed by atoms with E-state index in [9.17, 15) is 4.79 Å². The van der Waals surface area contributed by atoms with Crippen molar-refractivity contribution in [3.05, 3.63) is 17.7 Å². The number of ether oxygens (including phenoxy) is 4. The van der Waals surface area contributed by atoms with Crippen molar-refractivity contribution in [2.45, 2.75) is 57.5 Å². The van der Waals surface area contributed by atoms with Gasteiger partial charge in [0.15, 0.2) is 11.5 Å². The molecular formula is C21H30O5. The molecule has 26 heavy (non-hydrogen) atoms. The van der Waals surface area contributed by atoms with Crippen LogP contribution in [0, 0.1) is 11.8 Å². The number of carbonyl (C=O) groups is 1. The molecule has 1 aromatic rings. The van der Waals surface area contributed by atoms with Crippen molar-refractivity contribution in [2.24, 2.45) is 11.8 Å². The molecule has 2 fully saturated rings. The van der Waals surface area contributed by atoms with Crippen molar-refractivity contribution in [2.75, 3.05) is 21.3 Å². The molecule has 3 atom stereocenters. The highest BCUT2D eigenvalue weighted by Gasteiger charge is 2.33. The molecule has 2 aliphatic rings. The van der Waals surface area contributed by atoms with Crippen molar-refractivity contribution in [1.82, 2.24) is 0 Å². The number of carbonyl (C=O) groups excluding carboxylic acids is 1. The number of methoxy groups -OCH3 is 3. The Morgan fingerprint density at radius 1 is 0.923 bits per heavy atom. The van der Waals surface area contributed by atoms with E-state index in [4.69, 9.17) is 18.9 Å². The molecule has 144 valence electrons. The minimum absolute atomic E-state index is 0.0730. The highest BCUT2D eigenvalue weighted by Crippen LogP contribution is 2.41. The predicted octanol–water partition coefficient (Wildman–Crippen LogP) is 4.16. The Balaban J connectivity index is 1.61. The second-order valence-electron chi connectivity index (χ2n) is 7.44. The van der Waals surface area contributed by atoms with Gasteiger partial charge < -0.3 is 18.9 Å². The summed E-state index contributed by atoms with van der Waals surface area (Å²) in [6, 6.07) is 3.61. The van der Waals surface area contributed by atoms with Gasteiger partial charge in [-0.3, -0.25) is 4.79 Å². The molecule has 5 nitrogen and oxygen atoms in total. The van der Waals surface area contributed by atoms with Crippen molar-refractivity contribution >= 4 is 5.97 Å². The summed E-state index contributed by atoms with van der Waals surface area (Å²) in [7, 11) is 4.71. The van der Waals surface area contributed by atoms with Crippen molar-refractivity contribution in [3.63, 3.8) is 0 Å². The quantitative estimate of drug-likeness (QED) is 0.711. The van der Waals surface area contributed by atoms with E-state index in [1.807, 2.05) is 0 Å². The van der Waals surface area contributed by atoms with Gasteiger partial charge in [-0.15, -0.1) is 0 Å². The minimum Gasteiger partial charge on any atom is -0.493 e. The standard InChI is InChI=1S/C21H30O5/c1-23-18-10-14(11-19(24-2)21(18)25-3)12-20(22)26-17-9-8-15-6-4-5-7-16(15)13-17/h10-11,15-17H,4-9,12-13H2,1-3H3/t15-,16+,17+/m0/s1. The molecule has 0 amide bonds. The Bertz CT molecular complexity index is 602. The Morgan fingerprint density at radius 2 is 1.58 bits per heavy atom. The Kier molecular flexibility index (Phi) is 6.28. The number of rotatable bonds is 6. The van der Waals surface area contributed by atoms with Gasteiger partial charge in [-0.05, 0) is 48.8 Å². The molecule has 5 heteroatoms. The van der Waals surface area contributed by atoms with Gasteiger partial charge in [-0.2, -0.15) is 0 Å². The molecule has 0 aliphatic heterocycles. The first-order chi connectivity index (χ1) is 12.6. The molecule has 0 N–H and O–H groups in total. The maximum absolute atomic E-state index is 12.5. The molecule has 0 saturated heterocycles. The van der Waals surface area contributed by atoms with Crippen LogP contribution >= 0.6 is 0 Å². The monoisotopic (exact) mass is 362 g/mol. The Labute approximate surface area is 156 Å². The summed E-state index contributed by atoms with van der Waals surface area (Å²) in [5.74, 6) is 3.06. The average molecular weight is 362 g/mol. The van der Waals surface area contributed by atoms with Crippen molar-refractivity contribution in [1.29, 1.82) is 0 Å². The number of hydrogen-bond donors (Lipinski definition) is 0. The lowest BCUT2D eigenvalue weighted by molar-refractivity contribution is -0.151. The lowest BCUT2D eigenvalue weighted by Gasteiger charge is -2.38. The summed E-state index contributed by atoms with van der Waals surface area (Å²) in [4.78, 5) is 12.5. The first-order valence-electron chi connectivity index (χ1n) is 9.63. The lowest BCUT2D eigenvalue weighted by Crippen LogP contribution is -2.33. The van der Waals surface area contributed by atoms with Crippen LogP contribution in [0.2, 0.25) is 0 Å². The van der Waals surface area contributed by atoms with E-state index in [0.717, 1.165) is 30.2 Å². The van der Waals surface area contributed by atoms with E-state index in [1.165, 1.54) is 32.1 Å². The number of hydrogen-bond acceptors (Lipinski definition) is 5. The zero-order chi connectivity index (χ0) is 18.5. The van der Waals surface area contributed by atoms with Gasteiger partial charge in [-0.25, -0.2) is 0 Å². The molecule has 0 radical (unpaired) electrons. The number of benzene rings is 1. The minimum atomic E-state index is -0.182. The fourth-order valence-electron chi connectivity index (χ4n) is 4.57.